The van der Waals surface area contributed by atoms with Crippen molar-refractivity contribution in [3.05, 3.63) is 12.7 Å². The van der Waals surface area contributed by atoms with Gasteiger partial charge in [0.2, 0.25) is 11.8 Å². The zero-order chi connectivity index (χ0) is 26.3. The lowest BCUT2D eigenvalue weighted by molar-refractivity contribution is -0.157. The third kappa shape index (κ3) is 4.64. The third-order valence-corrected chi connectivity index (χ3v) is 7.88. The first-order valence-corrected chi connectivity index (χ1v) is 13.0. The summed E-state index contributed by atoms with van der Waals surface area (Å²) in [6.45, 7) is 18.2. The van der Waals surface area contributed by atoms with Gasteiger partial charge in [-0.1, -0.05) is 33.8 Å². The molecule has 0 unspecified atom stereocenters. The van der Waals surface area contributed by atoms with E-state index in [4.69, 9.17) is 9.47 Å². The largest absolute Gasteiger partial charge is 0.466 e. The van der Waals surface area contributed by atoms with E-state index in [1.54, 1.807) is 17.9 Å². The van der Waals surface area contributed by atoms with E-state index in [9.17, 15) is 19.5 Å². The summed E-state index contributed by atoms with van der Waals surface area (Å²) in [7, 11) is 0. The van der Waals surface area contributed by atoms with E-state index in [1.807, 2.05) is 20.8 Å². The van der Waals surface area contributed by atoms with Crippen molar-refractivity contribution in [1.29, 1.82) is 0 Å². The Kier molecular flexibility index (Phi) is 7.78. The van der Waals surface area contributed by atoms with Gasteiger partial charge in [0.25, 0.3) is 0 Å². The number of rotatable bonds is 10. The van der Waals surface area contributed by atoms with E-state index in [1.165, 1.54) is 4.90 Å². The van der Waals surface area contributed by atoms with Crippen molar-refractivity contribution in [2.75, 3.05) is 19.8 Å². The Bertz CT molecular complexity index is 845. The molecule has 0 saturated carbocycles. The van der Waals surface area contributed by atoms with Crippen LogP contribution in [0.2, 0.25) is 0 Å². The Morgan fingerprint density at radius 2 is 1.97 bits per heavy atom. The summed E-state index contributed by atoms with van der Waals surface area (Å²) in [5.74, 6) is -2.48. The molecule has 3 aliphatic heterocycles. The number of fused-ring (bicyclic) bond motifs is 1. The topological polar surface area (TPSA) is 96.4 Å². The third-order valence-electron chi connectivity index (χ3n) is 7.88. The van der Waals surface area contributed by atoms with Crippen LogP contribution in [-0.2, 0) is 23.9 Å². The molecule has 0 radical (unpaired) electrons. The van der Waals surface area contributed by atoms with Gasteiger partial charge in [0.15, 0.2) is 0 Å². The Morgan fingerprint density at radius 1 is 1.31 bits per heavy atom. The van der Waals surface area contributed by atoms with Crippen LogP contribution in [0.5, 0.6) is 0 Å². The van der Waals surface area contributed by atoms with Gasteiger partial charge < -0.3 is 24.4 Å². The average Bonchev–Trinajstić information content (AvgIpc) is 3.39. The SMILES string of the molecule is C=CCN(C(=O)[C@H]1N([C@@H](CC)CO)C(=O)[C@@H]2[C@@H](C(=O)OCC)[C@H]3CC[C@]21O3)C(C)(C)CC(C)(C)C. The second-order valence-corrected chi connectivity index (χ2v) is 12.1. The number of carbonyl (C=O) groups excluding carboxylic acids is 3. The number of likely N-dealkylation sites (tertiary alicyclic amines) is 1. The average molecular weight is 493 g/mol. The molecule has 0 aromatic rings. The van der Waals surface area contributed by atoms with Crippen LogP contribution in [-0.4, -0.2) is 81.8 Å². The molecule has 3 saturated heterocycles. The van der Waals surface area contributed by atoms with Crippen molar-refractivity contribution in [2.24, 2.45) is 17.3 Å². The van der Waals surface area contributed by atoms with Gasteiger partial charge in [-0.15, -0.1) is 6.58 Å². The van der Waals surface area contributed by atoms with Gasteiger partial charge in [-0.3, -0.25) is 14.4 Å². The molecule has 8 nitrogen and oxygen atoms in total. The maximum atomic E-state index is 14.5. The summed E-state index contributed by atoms with van der Waals surface area (Å²) >= 11 is 0. The Labute approximate surface area is 210 Å². The fourth-order valence-electron chi connectivity index (χ4n) is 6.99. The molecule has 0 aliphatic carbocycles. The van der Waals surface area contributed by atoms with E-state index in [0.29, 0.717) is 25.8 Å². The molecule has 2 bridgehead atoms. The Hall–Kier alpha value is -1.93. The van der Waals surface area contributed by atoms with E-state index in [2.05, 4.69) is 27.4 Å². The molecule has 8 heteroatoms. The molecule has 3 aliphatic rings. The molecule has 3 rings (SSSR count). The van der Waals surface area contributed by atoms with Gasteiger partial charge in [-0.05, 0) is 51.9 Å². The van der Waals surface area contributed by atoms with Crippen LogP contribution >= 0.6 is 0 Å². The van der Waals surface area contributed by atoms with Crippen molar-refractivity contribution in [1.82, 2.24) is 9.80 Å². The smallest absolute Gasteiger partial charge is 0.312 e. The van der Waals surface area contributed by atoms with Crippen LogP contribution < -0.4 is 0 Å². The number of carbonyl (C=O) groups is 3. The summed E-state index contributed by atoms with van der Waals surface area (Å²) in [4.78, 5) is 44.7. The highest BCUT2D eigenvalue weighted by Gasteiger charge is 2.75. The van der Waals surface area contributed by atoms with Gasteiger partial charge >= 0.3 is 5.97 Å². The monoisotopic (exact) mass is 492 g/mol. The van der Waals surface area contributed by atoms with E-state index >= 15 is 0 Å². The second kappa shape index (κ2) is 9.85. The van der Waals surface area contributed by atoms with Gasteiger partial charge in [0, 0.05) is 12.1 Å². The van der Waals surface area contributed by atoms with Crippen LogP contribution in [0.15, 0.2) is 12.7 Å². The molecule has 1 spiro atoms. The number of hydrogen-bond donors (Lipinski definition) is 1. The summed E-state index contributed by atoms with van der Waals surface area (Å²) in [5.41, 5.74) is -1.66. The van der Waals surface area contributed by atoms with Crippen molar-refractivity contribution in [3.8, 4) is 0 Å². The van der Waals surface area contributed by atoms with Crippen LogP contribution in [0.25, 0.3) is 0 Å². The lowest BCUT2D eigenvalue weighted by atomic mass is 9.70. The minimum Gasteiger partial charge on any atom is -0.466 e. The van der Waals surface area contributed by atoms with Crippen molar-refractivity contribution < 1.29 is 29.0 Å². The van der Waals surface area contributed by atoms with Gasteiger partial charge in [-0.2, -0.15) is 0 Å². The number of nitrogens with zero attached hydrogens (tertiary/aromatic N) is 2. The molecular formula is C27H44N2O6. The van der Waals surface area contributed by atoms with E-state index in [0.717, 1.165) is 6.42 Å². The van der Waals surface area contributed by atoms with Gasteiger partial charge in [0.05, 0.1) is 37.2 Å². The number of ether oxygens (including phenoxy) is 2. The van der Waals surface area contributed by atoms with Crippen molar-refractivity contribution in [3.63, 3.8) is 0 Å². The van der Waals surface area contributed by atoms with E-state index < -0.39 is 47.1 Å². The highest BCUT2D eigenvalue weighted by Crippen LogP contribution is 2.59. The molecule has 35 heavy (non-hydrogen) atoms. The number of esters is 1. The quantitative estimate of drug-likeness (QED) is 0.372. The highest BCUT2D eigenvalue weighted by molar-refractivity contribution is 5.98. The highest BCUT2D eigenvalue weighted by atomic mass is 16.6. The number of amides is 2. The lowest BCUT2D eigenvalue weighted by Gasteiger charge is -2.46. The molecule has 2 amide bonds. The van der Waals surface area contributed by atoms with Crippen LogP contribution in [0.4, 0.5) is 0 Å². The summed E-state index contributed by atoms with van der Waals surface area (Å²) in [5, 5.41) is 10.2. The standard InChI is InChI=1S/C27H44N2O6/c1-9-14-28(26(7,8)16-25(4,5)6)23(32)21-27-13-12-18(35-27)19(24(33)34-11-3)20(27)22(31)29(21)17(10-2)15-30/h9,17-21,30H,1,10-16H2,2-8H3/t17-,18+,19-,20-,21+,27-/m0/s1. The molecule has 3 heterocycles. The molecule has 198 valence electrons. The van der Waals surface area contributed by atoms with Gasteiger partial charge in [-0.25, -0.2) is 0 Å². The molecule has 0 aromatic carbocycles. The van der Waals surface area contributed by atoms with Crippen molar-refractivity contribution >= 4 is 17.8 Å². The summed E-state index contributed by atoms with van der Waals surface area (Å²) in [6, 6.07) is -1.46. The molecular weight excluding hydrogens is 448 g/mol. The second-order valence-electron chi connectivity index (χ2n) is 12.1. The Morgan fingerprint density at radius 3 is 2.49 bits per heavy atom. The fraction of sp³-hybridized carbons (Fsp3) is 0.815. The molecule has 3 fully saturated rings. The first kappa shape index (κ1) is 27.7. The first-order chi connectivity index (χ1) is 16.3. The van der Waals surface area contributed by atoms with Crippen molar-refractivity contribution in [2.45, 2.75) is 103 Å². The minimum atomic E-state index is -1.10. The Balaban J connectivity index is 2.11. The van der Waals surface area contributed by atoms with E-state index in [-0.39, 0.29) is 30.4 Å². The van der Waals surface area contributed by atoms with Crippen LogP contribution in [0.3, 0.4) is 0 Å². The predicted octanol–water partition coefficient (Wildman–Crippen LogP) is 2.92. The van der Waals surface area contributed by atoms with Gasteiger partial charge in [0.1, 0.15) is 11.6 Å². The first-order valence-electron chi connectivity index (χ1n) is 13.0. The maximum absolute atomic E-state index is 14.5. The summed E-state index contributed by atoms with van der Waals surface area (Å²) in [6.07, 6.45) is 3.59. The zero-order valence-corrected chi connectivity index (χ0v) is 22.5. The van der Waals surface area contributed by atoms with Crippen LogP contribution in [0, 0.1) is 17.3 Å². The maximum Gasteiger partial charge on any atom is 0.312 e. The molecule has 1 N–H and O–H groups in total. The molecule has 0 aromatic heterocycles. The minimum absolute atomic E-state index is 0.0381. The molecule has 6 atom stereocenters. The fourth-order valence-corrected chi connectivity index (χ4v) is 6.99. The zero-order valence-electron chi connectivity index (χ0n) is 22.5. The summed E-state index contributed by atoms with van der Waals surface area (Å²) < 4.78 is 11.8. The normalized spacial score (nSPS) is 30.9. The lowest BCUT2D eigenvalue weighted by Crippen LogP contribution is -2.62. The number of aliphatic hydroxyl groups excluding tert-OH is 1. The number of hydrogen-bond acceptors (Lipinski definition) is 6. The van der Waals surface area contributed by atoms with Crippen LogP contribution in [0.1, 0.15) is 74.1 Å². The predicted molar refractivity (Wildman–Crippen MR) is 132 cm³/mol. The number of aliphatic hydroxyl groups is 1.